The van der Waals surface area contributed by atoms with Gasteiger partial charge in [0.05, 0.1) is 0 Å². The van der Waals surface area contributed by atoms with Crippen LogP contribution in [0.3, 0.4) is 0 Å². The lowest BCUT2D eigenvalue weighted by atomic mass is 9.99. The van der Waals surface area contributed by atoms with E-state index in [-0.39, 0.29) is 6.61 Å². The highest BCUT2D eigenvalue weighted by Crippen LogP contribution is 2.33. The normalized spacial score (nSPS) is 44.7. The minimum Gasteiger partial charge on any atom is -0.396 e. The van der Waals surface area contributed by atoms with Crippen molar-refractivity contribution in [2.24, 2.45) is 5.92 Å². The van der Waals surface area contributed by atoms with Crippen LogP contribution in [0.2, 0.25) is 0 Å². The van der Waals surface area contributed by atoms with E-state index >= 15 is 0 Å². The predicted octanol–water partition coefficient (Wildman–Crippen LogP) is 0.411. The van der Waals surface area contributed by atoms with Crippen LogP contribution < -0.4 is 0 Å². The second-order valence-electron chi connectivity index (χ2n) is 3.63. The number of nitrogens with zero attached hydrogens (tertiary/aromatic N) is 1. The number of fused-ring (bicyclic) bond motifs is 1. The van der Waals surface area contributed by atoms with Gasteiger partial charge in [0.2, 0.25) is 0 Å². The molecule has 2 aliphatic rings. The largest absolute Gasteiger partial charge is 0.396 e. The summed E-state index contributed by atoms with van der Waals surface area (Å²) >= 11 is 0. The van der Waals surface area contributed by atoms with Gasteiger partial charge in [0.1, 0.15) is 6.17 Å². The first-order valence-electron chi connectivity index (χ1n) is 4.30. The van der Waals surface area contributed by atoms with Gasteiger partial charge in [-0.3, -0.25) is 4.90 Å². The molecule has 0 aliphatic carbocycles. The lowest BCUT2D eigenvalue weighted by molar-refractivity contribution is 0.190. The summed E-state index contributed by atoms with van der Waals surface area (Å²) in [6.07, 6.45) is 1.05. The Labute approximate surface area is 66.0 Å². The molecule has 3 atom stereocenters. The molecule has 0 spiro atoms. The van der Waals surface area contributed by atoms with E-state index in [1.54, 1.807) is 0 Å². The van der Waals surface area contributed by atoms with Gasteiger partial charge in [-0.25, -0.2) is 4.39 Å². The Balaban J connectivity index is 2.01. The maximum absolute atomic E-state index is 12.8. The van der Waals surface area contributed by atoms with Crippen LogP contribution in [0.15, 0.2) is 0 Å². The standard InChI is InChI=1S/C8H14FNO/c9-7-3-8-6(5-11)1-2-10(8)4-7/h6-8,11H,1-5H2/t6-,7-,8?/m1/s1. The monoisotopic (exact) mass is 159 g/mol. The summed E-state index contributed by atoms with van der Waals surface area (Å²) in [5.41, 5.74) is 0. The average molecular weight is 159 g/mol. The second-order valence-corrected chi connectivity index (χ2v) is 3.63. The van der Waals surface area contributed by atoms with E-state index in [1.807, 2.05) is 0 Å². The van der Waals surface area contributed by atoms with Gasteiger partial charge >= 0.3 is 0 Å². The third-order valence-electron chi connectivity index (χ3n) is 2.96. The lowest BCUT2D eigenvalue weighted by Gasteiger charge is -2.17. The molecule has 2 fully saturated rings. The van der Waals surface area contributed by atoms with Crippen molar-refractivity contribution >= 4 is 0 Å². The quantitative estimate of drug-likeness (QED) is 0.599. The zero-order valence-electron chi connectivity index (χ0n) is 6.54. The van der Waals surface area contributed by atoms with Gasteiger partial charge in [0.15, 0.2) is 0 Å². The van der Waals surface area contributed by atoms with Crippen molar-refractivity contribution in [3.05, 3.63) is 0 Å². The Hall–Kier alpha value is -0.150. The molecular formula is C8H14FNO. The van der Waals surface area contributed by atoms with Gasteiger partial charge in [-0.05, 0) is 25.3 Å². The van der Waals surface area contributed by atoms with Crippen molar-refractivity contribution < 1.29 is 9.50 Å². The van der Waals surface area contributed by atoms with Gasteiger partial charge in [-0.15, -0.1) is 0 Å². The summed E-state index contributed by atoms with van der Waals surface area (Å²) in [6, 6.07) is 0.343. The molecular weight excluding hydrogens is 145 g/mol. The lowest BCUT2D eigenvalue weighted by Crippen LogP contribution is -2.27. The van der Waals surface area contributed by atoms with Crippen LogP contribution in [0.4, 0.5) is 4.39 Å². The number of aliphatic hydroxyl groups is 1. The molecule has 0 radical (unpaired) electrons. The Morgan fingerprint density at radius 2 is 2.36 bits per heavy atom. The van der Waals surface area contributed by atoms with Crippen molar-refractivity contribution in [2.45, 2.75) is 25.1 Å². The van der Waals surface area contributed by atoms with E-state index in [1.165, 1.54) is 0 Å². The van der Waals surface area contributed by atoms with Crippen LogP contribution in [0.1, 0.15) is 12.8 Å². The first-order valence-corrected chi connectivity index (χ1v) is 4.30. The molecule has 1 unspecified atom stereocenters. The molecule has 0 aromatic heterocycles. The van der Waals surface area contributed by atoms with Crippen LogP contribution in [-0.2, 0) is 0 Å². The zero-order valence-corrected chi connectivity index (χ0v) is 6.54. The van der Waals surface area contributed by atoms with Crippen molar-refractivity contribution in [1.29, 1.82) is 0 Å². The number of hydrogen-bond acceptors (Lipinski definition) is 2. The molecule has 2 saturated heterocycles. The molecule has 0 aromatic carbocycles. The molecule has 2 rings (SSSR count). The summed E-state index contributed by atoms with van der Waals surface area (Å²) in [5, 5.41) is 8.95. The molecule has 2 aliphatic heterocycles. The first kappa shape index (κ1) is 7.50. The zero-order chi connectivity index (χ0) is 7.84. The van der Waals surface area contributed by atoms with Crippen molar-refractivity contribution in [2.75, 3.05) is 19.7 Å². The highest BCUT2D eigenvalue weighted by atomic mass is 19.1. The summed E-state index contributed by atoms with van der Waals surface area (Å²) in [7, 11) is 0. The summed E-state index contributed by atoms with van der Waals surface area (Å²) < 4.78 is 12.8. The van der Waals surface area contributed by atoms with E-state index in [2.05, 4.69) is 4.90 Å². The van der Waals surface area contributed by atoms with Crippen molar-refractivity contribution in [1.82, 2.24) is 4.90 Å². The SMILES string of the molecule is OC[C@H]1CCN2C[C@H](F)CC12. The number of rotatable bonds is 1. The predicted molar refractivity (Wildman–Crippen MR) is 40.1 cm³/mol. The smallest absolute Gasteiger partial charge is 0.114 e. The number of hydrogen-bond donors (Lipinski definition) is 1. The molecule has 2 nitrogen and oxygen atoms in total. The van der Waals surface area contributed by atoms with E-state index < -0.39 is 6.17 Å². The fraction of sp³-hybridized carbons (Fsp3) is 1.00. The van der Waals surface area contributed by atoms with Crippen LogP contribution >= 0.6 is 0 Å². The number of aliphatic hydroxyl groups excluding tert-OH is 1. The summed E-state index contributed by atoms with van der Waals surface area (Å²) in [5.74, 6) is 0.343. The van der Waals surface area contributed by atoms with Gasteiger partial charge < -0.3 is 5.11 Å². The molecule has 2 heterocycles. The topological polar surface area (TPSA) is 23.5 Å². The molecule has 0 amide bonds. The van der Waals surface area contributed by atoms with E-state index in [4.69, 9.17) is 5.11 Å². The van der Waals surface area contributed by atoms with E-state index in [9.17, 15) is 4.39 Å². The van der Waals surface area contributed by atoms with Gasteiger partial charge in [0.25, 0.3) is 0 Å². The van der Waals surface area contributed by atoms with Crippen LogP contribution in [0, 0.1) is 5.92 Å². The minimum absolute atomic E-state index is 0.230. The first-order chi connectivity index (χ1) is 5.31. The third-order valence-corrected chi connectivity index (χ3v) is 2.96. The number of halogens is 1. The minimum atomic E-state index is -0.644. The fourth-order valence-corrected chi connectivity index (χ4v) is 2.36. The van der Waals surface area contributed by atoms with Crippen LogP contribution in [0.25, 0.3) is 0 Å². The van der Waals surface area contributed by atoms with E-state index in [0.29, 0.717) is 24.9 Å². The second kappa shape index (κ2) is 2.72. The molecule has 0 aromatic rings. The van der Waals surface area contributed by atoms with Gasteiger partial charge in [0, 0.05) is 19.2 Å². The van der Waals surface area contributed by atoms with Gasteiger partial charge in [-0.1, -0.05) is 0 Å². The highest BCUT2D eigenvalue weighted by Gasteiger charge is 2.41. The van der Waals surface area contributed by atoms with Crippen LogP contribution in [0.5, 0.6) is 0 Å². The maximum Gasteiger partial charge on any atom is 0.114 e. The number of alkyl halides is 1. The van der Waals surface area contributed by atoms with E-state index in [0.717, 1.165) is 13.0 Å². The Morgan fingerprint density at radius 3 is 3.09 bits per heavy atom. The molecule has 11 heavy (non-hydrogen) atoms. The Kier molecular flexibility index (Phi) is 1.85. The maximum atomic E-state index is 12.8. The fourth-order valence-electron chi connectivity index (χ4n) is 2.36. The Bertz CT molecular complexity index is 151. The van der Waals surface area contributed by atoms with Crippen molar-refractivity contribution in [3.8, 4) is 0 Å². The molecule has 1 N–H and O–H groups in total. The van der Waals surface area contributed by atoms with Crippen LogP contribution in [-0.4, -0.2) is 41.9 Å². The average Bonchev–Trinajstić information content (AvgIpc) is 2.45. The summed E-state index contributed by atoms with van der Waals surface area (Å²) in [6.45, 7) is 1.81. The third kappa shape index (κ3) is 1.16. The molecule has 3 heteroatoms. The van der Waals surface area contributed by atoms with Gasteiger partial charge in [-0.2, -0.15) is 0 Å². The highest BCUT2D eigenvalue weighted by molar-refractivity contribution is 4.94. The molecule has 0 bridgehead atoms. The summed E-state index contributed by atoms with van der Waals surface area (Å²) in [4.78, 5) is 2.17. The Morgan fingerprint density at radius 1 is 1.55 bits per heavy atom. The van der Waals surface area contributed by atoms with Crippen molar-refractivity contribution in [3.63, 3.8) is 0 Å². The molecule has 64 valence electrons. The molecule has 0 saturated carbocycles.